The predicted octanol–water partition coefficient (Wildman–Crippen LogP) is 8.33. The maximum absolute atomic E-state index is 13.7. The van der Waals surface area contributed by atoms with Gasteiger partial charge < -0.3 is 38.6 Å². The van der Waals surface area contributed by atoms with Crippen molar-refractivity contribution in [2.75, 3.05) is 28.4 Å². The van der Waals surface area contributed by atoms with Crippen molar-refractivity contribution in [2.45, 2.75) is 58.0 Å². The molecule has 0 fully saturated rings. The van der Waals surface area contributed by atoms with Crippen LogP contribution in [0.15, 0.2) is 106 Å². The van der Waals surface area contributed by atoms with Gasteiger partial charge in [0.15, 0.2) is 11.5 Å². The topological polar surface area (TPSA) is 147 Å². The SMILES string of the molecule is COc1ccc(-c2noc(CC(=O)NC(C)(C)CC(C)(C)NC(=O)Cc3onc(-c4ccc(OC)cc4)c3-c3ccc(OC)cc3)c2-c2ccc(OC)cc2)cc1. The van der Waals surface area contributed by atoms with Gasteiger partial charge in [0.25, 0.3) is 0 Å². The molecule has 12 heteroatoms. The highest BCUT2D eigenvalue weighted by molar-refractivity contribution is 5.88. The summed E-state index contributed by atoms with van der Waals surface area (Å²) in [4.78, 5) is 27.4. The summed E-state index contributed by atoms with van der Waals surface area (Å²) in [6.07, 6.45) is 0.295. The first-order valence-corrected chi connectivity index (χ1v) is 18.5. The average molecular weight is 773 g/mol. The molecule has 2 N–H and O–H groups in total. The van der Waals surface area contributed by atoms with Gasteiger partial charge in [0.1, 0.15) is 34.4 Å². The predicted molar refractivity (Wildman–Crippen MR) is 217 cm³/mol. The fourth-order valence-electron chi connectivity index (χ4n) is 7.22. The van der Waals surface area contributed by atoms with Crippen LogP contribution < -0.4 is 29.6 Å². The first-order chi connectivity index (χ1) is 27.3. The fraction of sp³-hybridized carbons (Fsp3) is 0.289. The Kier molecular flexibility index (Phi) is 12.0. The molecule has 2 heterocycles. The summed E-state index contributed by atoms with van der Waals surface area (Å²) in [5.41, 5.74) is 4.45. The highest BCUT2D eigenvalue weighted by Crippen LogP contribution is 2.38. The van der Waals surface area contributed by atoms with Crippen molar-refractivity contribution in [1.82, 2.24) is 20.9 Å². The summed E-state index contributed by atoms with van der Waals surface area (Å²) in [6, 6.07) is 30.0. The van der Waals surface area contributed by atoms with Gasteiger partial charge in [-0.25, -0.2) is 0 Å². The molecule has 296 valence electrons. The molecule has 0 radical (unpaired) electrons. The van der Waals surface area contributed by atoms with E-state index in [1.54, 1.807) is 28.4 Å². The van der Waals surface area contributed by atoms with Crippen LogP contribution in [0, 0.1) is 0 Å². The Bertz CT molecular complexity index is 2130. The molecule has 0 bridgehead atoms. The quantitative estimate of drug-likeness (QED) is 0.0984. The van der Waals surface area contributed by atoms with Crippen molar-refractivity contribution >= 4 is 11.8 Å². The molecule has 12 nitrogen and oxygen atoms in total. The van der Waals surface area contributed by atoms with Gasteiger partial charge >= 0.3 is 0 Å². The third-order valence-corrected chi connectivity index (χ3v) is 9.49. The zero-order valence-electron chi connectivity index (χ0n) is 33.5. The van der Waals surface area contributed by atoms with Crippen LogP contribution in [0.25, 0.3) is 44.8 Å². The summed E-state index contributed by atoms with van der Waals surface area (Å²) in [5.74, 6) is 3.15. The molecule has 6 aromatic rings. The molecular formula is C45H48N4O8. The Hall–Kier alpha value is -6.56. The third kappa shape index (κ3) is 9.64. The molecule has 0 atom stereocenters. The number of nitrogens with zero attached hydrogens (tertiary/aromatic N) is 2. The number of aromatic nitrogens is 2. The lowest BCUT2D eigenvalue weighted by Crippen LogP contribution is -2.54. The molecule has 57 heavy (non-hydrogen) atoms. The lowest BCUT2D eigenvalue weighted by atomic mass is 9.86. The van der Waals surface area contributed by atoms with Gasteiger partial charge in [0.2, 0.25) is 11.8 Å². The number of hydrogen-bond acceptors (Lipinski definition) is 10. The standard InChI is InChI=1S/C45H48N4O8/c1-44(2,46-38(50)25-36-40(28-9-17-32(52-5)18-10-28)42(48-56-36)30-13-21-34(54-7)22-14-30)27-45(3,4)47-39(51)26-37-41(29-11-19-33(53-6)20-12-29)43(49-57-37)31-15-23-35(55-8)24-16-31/h9-24H,25-27H2,1-8H3,(H,46,50)(H,47,51). The van der Waals surface area contributed by atoms with Crippen molar-refractivity contribution in [3.05, 3.63) is 109 Å². The smallest absolute Gasteiger partial charge is 0.228 e. The van der Waals surface area contributed by atoms with Crippen molar-refractivity contribution in [3.8, 4) is 67.8 Å². The summed E-state index contributed by atoms with van der Waals surface area (Å²) in [7, 11) is 6.44. The number of carbonyl (C=O) groups excluding carboxylic acids is 2. The Morgan fingerprint density at radius 2 is 0.772 bits per heavy atom. The van der Waals surface area contributed by atoms with E-state index in [9.17, 15) is 9.59 Å². The number of ether oxygens (including phenoxy) is 4. The van der Waals surface area contributed by atoms with Gasteiger partial charge in [-0.05, 0) is 118 Å². The molecule has 0 aliphatic heterocycles. The van der Waals surface area contributed by atoms with Crippen LogP contribution in [0.3, 0.4) is 0 Å². The van der Waals surface area contributed by atoms with E-state index in [1.807, 2.05) is 125 Å². The average Bonchev–Trinajstić information content (AvgIpc) is 3.81. The van der Waals surface area contributed by atoms with Crippen molar-refractivity contribution < 1.29 is 37.6 Å². The van der Waals surface area contributed by atoms with Crippen LogP contribution in [0.5, 0.6) is 23.0 Å². The van der Waals surface area contributed by atoms with Gasteiger partial charge in [-0.3, -0.25) is 9.59 Å². The number of benzene rings is 4. The molecule has 2 amide bonds. The summed E-state index contributed by atoms with van der Waals surface area (Å²) in [6.45, 7) is 7.69. The van der Waals surface area contributed by atoms with E-state index < -0.39 is 11.1 Å². The Morgan fingerprint density at radius 1 is 0.491 bits per heavy atom. The largest absolute Gasteiger partial charge is 0.497 e. The lowest BCUT2D eigenvalue weighted by molar-refractivity contribution is -0.122. The van der Waals surface area contributed by atoms with E-state index >= 15 is 0 Å². The maximum atomic E-state index is 13.7. The van der Waals surface area contributed by atoms with E-state index in [4.69, 9.17) is 28.0 Å². The van der Waals surface area contributed by atoms with E-state index in [2.05, 4.69) is 20.9 Å². The minimum atomic E-state index is -0.727. The molecular weight excluding hydrogens is 725 g/mol. The normalized spacial score (nSPS) is 11.5. The van der Waals surface area contributed by atoms with Crippen molar-refractivity contribution in [2.24, 2.45) is 0 Å². The van der Waals surface area contributed by atoms with Crippen LogP contribution in [-0.2, 0) is 22.4 Å². The van der Waals surface area contributed by atoms with Crippen LogP contribution in [0.2, 0.25) is 0 Å². The van der Waals surface area contributed by atoms with E-state index in [-0.39, 0.29) is 24.7 Å². The van der Waals surface area contributed by atoms with Crippen LogP contribution in [0.4, 0.5) is 0 Å². The number of methoxy groups -OCH3 is 4. The Labute approximate surface area is 332 Å². The highest BCUT2D eigenvalue weighted by atomic mass is 16.5. The molecule has 0 saturated heterocycles. The maximum Gasteiger partial charge on any atom is 0.228 e. The van der Waals surface area contributed by atoms with E-state index in [0.29, 0.717) is 63.5 Å². The van der Waals surface area contributed by atoms with Crippen LogP contribution >= 0.6 is 0 Å². The number of amides is 2. The minimum Gasteiger partial charge on any atom is -0.497 e. The fourth-order valence-corrected chi connectivity index (χ4v) is 7.22. The Morgan fingerprint density at radius 3 is 1.05 bits per heavy atom. The first-order valence-electron chi connectivity index (χ1n) is 18.5. The summed E-state index contributed by atoms with van der Waals surface area (Å²) < 4.78 is 33.1. The number of nitrogens with one attached hydrogen (secondary N) is 2. The summed E-state index contributed by atoms with van der Waals surface area (Å²) in [5, 5.41) is 15.1. The van der Waals surface area contributed by atoms with Crippen LogP contribution in [-0.4, -0.2) is 61.6 Å². The van der Waals surface area contributed by atoms with E-state index in [1.165, 1.54) is 0 Å². The number of hydrogen-bond donors (Lipinski definition) is 2. The molecule has 4 aromatic carbocycles. The zero-order valence-corrected chi connectivity index (χ0v) is 33.5. The van der Waals surface area contributed by atoms with Gasteiger partial charge in [0.05, 0.1) is 52.4 Å². The Balaban J connectivity index is 1.16. The molecule has 0 aliphatic rings. The van der Waals surface area contributed by atoms with Crippen LogP contribution in [0.1, 0.15) is 45.6 Å². The molecule has 6 rings (SSSR count). The molecule has 2 aromatic heterocycles. The lowest BCUT2D eigenvalue weighted by Gasteiger charge is -2.36. The van der Waals surface area contributed by atoms with Gasteiger partial charge in [-0.2, -0.15) is 0 Å². The molecule has 0 aliphatic carbocycles. The third-order valence-electron chi connectivity index (χ3n) is 9.49. The second-order valence-electron chi connectivity index (χ2n) is 15.0. The van der Waals surface area contributed by atoms with Crippen molar-refractivity contribution in [3.63, 3.8) is 0 Å². The first kappa shape index (κ1) is 40.1. The number of carbonyl (C=O) groups is 2. The molecule has 0 unspecified atom stereocenters. The van der Waals surface area contributed by atoms with E-state index in [0.717, 1.165) is 22.3 Å². The monoisotopic (exact) mass is 772 g/mol. The van der Waals surface area contributed by atoms with Gasteiger partial charge in [0, 0.05) is 22.2 Å². The molecule has 0 spiro atoms. The second kappa shape index (κ2) is 17.1. The van der Waals surface area contributed by atoms with Gasteiger partial charge in [-0.15, -0.1) is 0 Å². The number of rotatable bonds is 16. The summed E-state index contributed by atoms with van der Waals surface area (Å²) >= 11 is 0. The molecule has 0 saturated carbocycles. The van der Waals surface area contributed by atoms with Gasteiger partial charge in [-0.1, -0.05) is 34.6 Å². The van der Waals surface area contributed by atoms with Crippen molar-refractivity contribution in [1.29, 1.82) is 0 Å². The minimum absolute atomic E-state index is 0.0586. The second-order valence-corrected chi connectivity index (χ2v) is 15.0. The zero-order chi connectivity index (χ0) is 40.7. The highest BCUT2D eigenvalue weighted by Gasteiger charge is 2.33.